The predicted molar refractivity (Wildman–Crippen MR) is 155 cm³/mol. The third-order valence-corrected chi connectivity index (χ3v) is 9.11. The Balaban J connectivity index is 1.77. The maximum Gasteiger partial charge on any atom is 0.272 e. The molecular weight excluding hydrogens is 512 g/mol. The molecular formula is C29H38N6O3S. The standard InChI is InChI=1S/C29H38N6O3S/c1-6-35(32)23-12-11-22(19(3)26(23)30)25(29(4,5)28(31)36)20-10-9-18(2)21(16-20)17-34-14-15-38-27-24(39(34)37)8-7-13-33-27/h7-13,16,25H,6,14-15,17,30,32H2,1-5H3,(H2,31,36). The summed E-state index contributed by atoms with van der Waals surface area (Å²) in [6.45, 7) is 11.5. The highest BCUT2D eigenvalue weighted by molar-refractivity contribution is 7.89. The van der Waals surface area contributed by atoms with Gasteiger partial charge in [-0.25, -0.2) is 10.8 Å². The lowest BCUT2D eigenvalue weighted by Crippen LogP contribution is -2.38. The number of aromatic nitrogens is 1. The van der Waals surface area contributed by atoms with Crippen molar-refractivity contribution in [2.45, 2.75) is 52.0 Å². The van der Waals surface area contributed by atoms with Gasteiger partial charge in [-0.1, -0.05) is 38.1 Å². The van der Waals surface area contributed by atoms with Gasteiger partial charge in [0.05, 0.1) is 41.2 Å². The van der Waals surface area contributed by atoms with E-state index in [0.717, 1.165) is 33.5 Å². The van der Waals surface area contributed by atoms with E-state index in [0.29, 0.717) is 42.7 Å². The highest BCUT2D eigenvalue weighted by atomic mass is 32.2. The Labute approximate surface area is 233 Å². The van der Waals surface area contributed by atoms with Crippen LogP contribution in [0.15, 0.2) is 53.6 Å². The third kappa shape index (κ3) is 5.56. The minimum atomic E-state index is -1.43. The molecule has 0 aliphatic carbocycles. The number of nitrogen functional groups attached to an aromatic ring is 1. The summed E-state index contributed by atoms with van der Waals surface area (Å²) in [7, 11) is 0. The summed E-state index contributed by atoms with van der Waals surface area (Å²) >= 11 is -1.43. The lowest BCUT2D eigenvalue weighted by molar-refractivity contribution is -0.126. The largest absolute Gasteiger partial charge is 0.593 e. The van der Waals surface area contributed by atoms with Crippen LogP contribution in [0.25, 0.3) is 0 Å². The number of carbonyl (C=O) groups is 1. The van der Waals surface area contributed by atoms with Gasteiger partial charge in [0.2, 0.25) is 10.8 Å². The van der Waals surface area contributed by atoms with E-state index in [4.69, 9.17) is 22.0 Å². The first-order valence-corrected chi connectivity index (χ1v) is 14.1. The Morgan fingerprint density at radius 1 is 1.26 bits per heavy atom. The second kappa shape index (κ2) is 11.4. The van der Waals surface area contributed by atoms with E-state index < -0.39 is 22.7 Å². The first kappa shape index (κ1) is 28.7. The predicted octanol–water partition coefficient (Wildman–Crippen LogP) is 3.54. The maximum atomic E-state index is 13.5. The van der Waals surface area contributed by atoms with Crippen LogP contribution >= 0.6 is 0 Å². The first-order valence-electron chi connectivity index (χ1n) is 13.0. The Morgan fingerprint density at radius 2 is 2.00 bits per heavy atom. The fourth-order valence-corrected chi connectivity index (χ4v) is 6.28. The van der Waals surface area contributed by atoms with Crippen molar-refractivity contribution in [2.75, 3.05) is 30.4 Å². The molecule has 0 saturated carbocycles. The molecule has 2 unspecified atom stereocenters. The molecule has 1 aliphatic heterocycles. The fraction of sp³-hybridized carbons (Fsp3) is 0.379. The smallest absolute Gasteiger partial charge is 0.272 e. The zero-order valence-corrected chi connectivity index (χ0v) is 24.0. The average Bonchev–Trinajstić information content (AvgIpc) is 3.06. The van der Waals surface area contributed by atoms with Gasteiger partial charge in [-0.3, -0.25) is 4.79 Å². The quantitative estimate of drug-likeness (QED) is 0.167. The second-order valence-corrected chi connectivity index (χ2v) is 11.9. The van der Waals surface area contributed by atoms with Crippen LogP contribution in [0.1, 0.15) is 54.5 Å². The summed E-state index contributed by atoms with van der Waals surface area (Å²) in [6.07, 6.45) is 1.63. The molecule has 1 aliphatic rings. The summed E-state index contributed by atoms with van der Waals surface area (Å²) in [6, 6.07) is 13.6. The van der Waals surface area contributed by atoms with Crippen LogP contribution in [0.4, 0.5) is 11.4 Å². The number of anilines is 2. The number of benzene rings is 2. The van der Waals surface area contributed by atoms with Crippen LogP contribution < -0.4 is 27.1 Å². The van der Waals surface area contributed by atoms with Gasteiger partial charge in [0.15, 0.2) is 0 Å². The van der Waals surface area contributed by atoms with Gasteiger partial charge >= 0.3 is 0 Å². The van der Waals surface area contributed by atoms with E-state index in [2.05, 4.69) is 11.1 Å². The van der Waals surface area contributed by atoms with Crippen LogP contribution in [0.2, 0.25) is 0 Å². The van der Waals surface area contributed by atoms with Crippen LogP contribution in [-0.2, 0) is 22.7 Å². The van der Waals surface area contributed by atoms with Crippen molar-refractivity contribution < 1.29 is 14.1 Å². The molecule has 2 aromatic carbocycles. The van der Waals surface area contributed by atoms with Gasteiger partial charge in [-0.15, -0.1) is 4.31 Å². The van der Waals surface area contributed by atoms with Gasteiger partial charge in [-0.05, 0) is 60.7 Å². The second-order valence-electron chi connectivity index (χ2n) is 10.5. The van der Waals surface area contributed by atoms with Gasteiger partial charge in [0.1, 0.15) is 6.61 Å². The number of hydrogen-bond acceptors (Lipinski definition) is 8. The minimum Gasteiger partial charge on any atom is -0.593 e. The molecule has 6 N–H and O–H groups in total. The van der Waals surface area contributed by atoms with Crippen LogP contribution in [0, 0.1) is 19.3 Å². The number of fused-ring (bicyclic) bond motifs is 1. The molecule has 1 aromatic heterocycles. The molecule has 3 aromatic rings. The molecule has 2 atom stereocenters. The molecule has 4 rings (SSSR count). The number of nitrogens with two attached hydrogens (primary N) is 3. The van der Waals surface area contributed by atoms with Crippen molar-refractivity contribution in [1.82, 2.24) is 9.29 Å². The summed E-state index contributed by atoms with van der Waals surface area (Å²) in [5.74, 6) is 5.77. The Kier molecular flexibility index (Phi) is 8.41. The van der Waals surface area contributed by atoms with Crippen molar-refractivity contribution in [3.8, 4) is 5.88 Å². The van der Waals surface area contributed by atoms with Gasteiger partial charge in [-0.2, -0.15) is 0 Å². The number of rotatable bonds is 8. The molecule has 0 bridgehead atoms. The highest BCUT2D eigenvalue weighted by Gasteiger charge is 2.39. The number of carbonyl (C=O) groups excluding carboxylic acids is 1. The summed E-state index contributed by atoms with van der Waals surface area (Å²) in [5, 5.41) is 1.60. The zero-order valence-electron chi connectivity index (χ0n) is 23.2. The molecule has 208 valence electrons. The van der Waals surface area contributed by atoms with E-state index in [1.54, 1.807) is 23.3 Å². The van der Waals surface area contributed by atoms with Crippen molar-refractivity contribution in [3.05, 3.63) is 76.5 Å². The number of amides is 1. The van der Waals surface area contributed by atoms with E-state index in [1.807, 2.05) is 63.2 Å². The van der Waals surface area contributed by atoms with Gasteiger partial charge in [0.25, 0.3) is 5.88 Å². The number of nitrogens with zero attached hydrogens (tertiary/aromatic N) is 3. The number of primary amides is 1. The number of pyridine rings is 1. The van der Waals surface area contributed by atoms with Gasteiger partial charge < -0.3 is 25.8 Å². The summed E-state index contributed by atoms with van der Waals surface area (Å²) in [4.78, 5) is 17.6. The van der Waals surface area contributed by atoms with Crippen molar-refractivity contribution in [3.63, 3.8) is 0 Å². The number of hydrogen-bond donors (Lipinski definition) is 3. The lowest BCUT2D eigenvalue weighted by Gasteiger charge is -2.35. The van der Waals surface area contributed by atoms with E-state index >= 15 is 0 Å². The Morgan fingerprint density at radius 3 is 2.69 bits per heavy atom. The molecule has 39 heavy (non-hydrogen) atoms. The zero-order chi connectivity index (χ0) is 28.5. The van der Waals surface area contributed by atoms with Crippen LogP contribution in [0.3, 0.4) is 0 Å². The van der Waals surface area contributed by atoms with Crippen molar-refractivity contribution in [1.29, 1.82) is 0 Å². The van der Waals surface area contributed by atoms with Crippen LogP contribution in [0.5, 0.6) is 5.88 Å². The van der Waals surface area contributed by atoms with E-state index in [1.165, 1.54) is 0 Å². The third-order valence-electron chi connectivity index (χ3n) is 7.64. The highest BCUT2D eigenvalue weighted by Crippen LogP contribution is 2.45. The maximum absolute atomic E-state index is 13.5. The SMILES string of the molecule is CCN(N)c1ccc(C(c2ccc(C)c(CN3CCOc4ncccc4[S+]3[O-])c2)C(C)(C)C(N)=O)c(C)c1N. The van der Waals surface area contributed by atoms with E-state index in [9.17, 15) is 9.35 Å². The topological polar surface area (TPSA) is 147 Å². The molecule has 0 fully saturated rings. The molecule has 9 nitrogen and oxygen atoms in total. The molecule has 0 saturated heterocycles. The van der Waals surface area contributed by atoms with E-state index in [-0.39, 0.29) is 5.92 Å². The molecule has 1 amide bonds. The summed E-state index contributed by atoms with van der Waals surface area (Å²) < 4.78 is 21.1. The van der Waals surface area contributed by atoms with Crippen molar-refractivity contribution in [2.24, 2.45) is 17.0 Å². The monoisotopic (exact) mass is 550 g/mol. The van der Waals surface area contributed by atoms with Crippen molar-refractivity contribution >= 4 is 28.6 Å². The lowest BCUT2D eigenvalue weighted by atomic mass is 9.69. The number of aryl methyl sites for hydroxylation is 1. The molecule has 0 radical (unpaired) electrons. The Bertz CT molecular complexity index is 1360. The normalized spacial score (nSPS) is 16.6. The molecule has 10 heteroatoms. The molecule has 2 heterocycles. The Hall–Kier alpha value is -3.31. The molecule has 0 spiro atoms. The van der Waals surface area contributed by atoms with Gasteiger partial charge in [0, 0.05) is 24.7 Å². The fourth-order valence-electron chi connectivity index (χ4n) is 5.04. The number of hydrazine groups is 1. The summed E-state index contributed by atoms with van der Waals surface area (Å²) in [5.41, 5.74) is 17.6. The minimum absolute atomic E-state index is 0.374. The average molecular weight is 551 g/mol. The first-order chi connectivity index (χ1) is 18.5. The number of ether oxygens (including phenoxy) is 1. The van der Waals surface area contributed by atoms with Crippen LogP contribution in [-0.4, -0.2) is 39.4 Å².